The fourth-order valence-electron chi connectivity index (χ4n) is 1.63. The summed E-state index contributed by atoms with van der Waals surface area (Å²) in [4.78, 5) is 8.98. The second kappa shape index (κ2) is 3.65. The van der Waals surface area contributed by atoms with Gasteiger partial charge in [0.1, 0.15) is 5.82 Å². The number of aromatic nitrogens is 2. The first kappa shape index (κ1) is 9.59. The molecule has 76 valence electrons. The fourth-order valence-corrected chi connectivity index (χ4v) is 1.63. The van der Waals surface area contributed by atoms with Gasteiger partial charge in [0.25, 0.3) is 0 Å². The molecular weight excluding hydrogens is 174 g/mol. The van der Waals surface area contributed by atoms with Gasteiger partial charge in [-0.3, -0.25) is 0 Å². The number of rotatable bonds is 3. The van der Waals surface area contributed by atoms with Crippen molar-refractivity contribution in [3.05, 3.63) is 23.3 Å². The summed E-state index contributed by atoms with van der Waals surface area (Å²) in [5.41, 5.74) is 7.87. The average Bonchev–Trinajstić information content (AvgIpc) is 3.00. The molecule has 1 aromatic heterocycles. The highest BCUT2D eigenvalue weighted by Crippen LogP contribution is 2.38. The van der Waals surface area contributed by atoms with Gasteiger partial charge in [-0.1, -0.05) is 13.8 Å². The van der Waals surface area contributed by atoms with Crippen LogP contribution >= 0.6 is 0 Å². The monoisotopic (exact) mass is 191 g/mol. The Kier molecular flexibility index (Phi) is 2.50. The van der Waals surface area contributed by atoms with Gasteiger partial charge in [0.2, 0.25) is 0 Å². The lowest BCUT2D eigenvalue weighted by Crippen LogP contribution is -2.08. The molecule has 0 spiro atoms. The zero-order valence-electron chi connectivity index (χ0n) is 8.83. The molecule has 0 radical (unpaired) electrons. The van der Waals surface area contributed by atoms with Crippen molar-refractivity contribution in [2.45, 2.75) is 45.1 Å². The summed E-state index contributed by atoms with van der Waals surface area (Å²) in [6.07, 6.45) is 4.40. The predicted molar refractivity (Wildman–Crippen MR) is 56.0 cm³/mol. The van der Waals surface area contributed by atoms with Gasteiger partial charge < -0.3 is 5.73 Å². The lowest BCUT2D eigenvalue weighted by molar-refractivity contribution is 0.756. The van der Waals surface area contributed by atoms with Crippen molar-refractivity contribution in [1.82, 2.24) is 9.97 Å². The van der Waals surface area contributed by atoms with Crippen LogP contribution in [0.2, 0.25) is 0 Å². The zero-order valence-corrected chi connectivity index (χ0v) is 8.83. The summed E-state index contributed by atoms with van der Waals surface area (Å²) >= 11 is 0. The minimum absolute atomic E-state index is 0.439. The Morgan fingerprint density at radius 2 is 2.21 bits per heavy atom. The first-order valence-electron chi connectivity index (χ1n) is 5.28. The van der Waals surface area contributed by atoms with Gasteiger partial charge in [0.05, 0.1) is 5.69 Å². The molecule has 2 rings (SSSR count). The molecule has 1 aliphatic rings. The molecule has 0 atom stereocenters. The van der Waals surface area contributed by atoms with E-state index in [1.165, 1.54) is 12.8 Å². The Labute approximate surface area is 84.8 Å². The van der Waals surface area contributed by atoms with E-state index in [-0.39, 0.29) is 0 Å². The SMILES string of the molecule is CC(C)c1nc(C2CC2)ncc1CN. The van der Waals surface area contributed by atoms with Crippen molar-refractivity contribution < 1.29 is 0 Å². The van der Waals surface area contributed by atoms with Gasteiger partial charge in [0, 0.05) is 24.2 Å². The Morgan fingerprint density at radius 1 is 1.50 bits per heavy atom. The second-order valence-corrected chi connectivity index (χ2v) is 4.27. The summed E-state index contributed by atoms with van der Waals surface area (Å²) in [6.45, 7) is 4.84. The van der Waals surface area contributed by atoms with Gasteiger partial charge in [-0.05, 0) is 18.8 Å². The molecule has 0 unspecified atom stereocenters. The molecule has 0 aliphatic heterocycles. The van der Waals surface area contributed by atoms with Gasteiger partial charge in [-0.15, -0.1) is 0 Å². The molecule has 0 aromatic carbocycles. The minimum atomic E-state index is 0.439. The van der Waals surface area contributed by atoms with E-state index in [9.17, 15) is 0 Å². The van der Waals surface area contributed by atoms with Crippen molar-refractivity contribution in [2.75, 3.05) is 0 Å². The van der Waals surface area contributed by atoms with Crippen LogP contribution in [0.4, 0.5) is 0 Å². The summed E-state index contributed by atoms with van der Waals surface area (Å²) in [5.74, 6) is 2.08. The van der Waals surface area contributed by atoms with E-state index < -0.39 is 0 Å². The zero-order chi connectivity index (χ0) is 10.1. The average molecular weight is 191 g/mol. The van der Waals surface area contributed by atoms with E-state index in [2.05, 4.69) is 23.8 Å². The summed E-state index contributed by atoms with van der Waals surface area (Å²) in [5, 5.41) is 0. The van der Waals surface area contributed by atoms with E-state index in [1.54, 1.807) is 0 Å². The number of hydrogen-bond acceptors (Lipinski definition) is 3. The van der Waals surface area contributed by atoms with Crippen LogP contribution < -0.4 is 5.73 Å². The number of nitrogens with zero attached hydrogens (tertiary/aromatic N) is 2. The Morgan fingerprint density at radius 3 is 2.71 bits per heavy atom. The third-order valence-corrected chi connectivity index (χ3v) is 2.63. The fraction of sp³-hybridized carbons (Fsp3) is 0.636. The number of hydrogen-bond donors (Lipinski definition) is 1. The van der Waals surface area contributed by atoms with Crippen LogP contribution in [0.5, 0.6) is 0 Å². The van der Waals surface area contributed by atoms with Crippen molar-refractivity contribution in [3.63, 3.8) is 0 Å². The van der Waals surface area contributed by atoms with Gasteiger partial charge >= 0.3 is 0 Å². The van der Waals surface area contributed by atoms with E-state index >= 15 is 0 Å². The van der Waals surface area contributed by atoms with Crippen LogP contribution in [-0.4, -0.2) is 9.97 Å². The molecule has 1 aliphatic carbocycles. The first-order valence-corrected chi connectivity index (χ1v) is 5.28. The van der Waals surface area contributed by atoms with E-state index in [4.69, 9.17) is 5.73 Å². The van der Waals surface area contributed by atoms with Crippen molar-refractivity contribution in [1.29, 1.82) is 0 Å². The van der Waals surface area contributed by atoms with Gasteiger partial charge in [-0.2, -0.15) is 0 Å². The normalized spacial score (nSPS) is 16.3. The molecule has 1 saturated carbocycles. The maximum absolute atomic E-state index is 5.65. The largest absolute Gasteiger partial charge is 0.326 e. The highest BCUT2D eigenvalue weighted by molar-refractivity contribution is 5.22. The molecular formula is C11H17N3. The maximum Gasteiger partial charge on any atom is 0.131 e. The van der Waals surface area contributed by atoms with E-state index in [0.29, 0.717) is 18.4 Å². The molecule has 3 heteroatoms. The lowest BCUT2D eigenvalue weighted by Gasteiger charge is -2.10. The van der Waals surface area contributed by atoms with Gasteiger partial charge in [0.15, 0.2) is 0 Å². The second-order valence-electron chi connectivity index (χ2n) is 4.27. The smallest absolute Gasteiger partial charge is 0.131 e. The molecule has 0 saturated heterocycles. The first-order chi connectivity index (χ1) is 6.72. The Balaban J connectivity index is 2.35. The van der Waals surface area contributed by atoms with Crippen LogP contribution in [0.25, 0.3) is 0 Å². The van der Waals surface area contributed by atoms with E-state index in [0.717, 1.165) is 17.1 Å². The summed E-state index contributed by atoms with van der Waals surface area (Å²) < 4.78 is 0. The molecule has 1 heterocycles. The molecule has 14 heavy (non-hydrogen) atoms. The highest BCUT2D eigenvalue weighted by Gasteiger charge is 2.27. The third kappa shape index (κ3) is 1.77. The minimum Gasteiger partial charge on any atom is -0.326 e. The molecule has 1 aromatic rings. The molecule has 0 amide bonds. The van der Waals surface area contributed by atoms with Crippen LogP contribution in [0.1, 0.15) is 55.6 Å². The Bertz CT molecular complexity index is 329. The highest BCUT2D eigenvalue weighted by atomic mass is 14.9. The van der Waals surface area contributed by atoms with Crippen LogP contribution in [-0.2, 0) is 6.54 Å². The summed E-state index contributed by atoms with van der Waals surface area (Å²) in [6, 6.07) is 0. The van der Waals surface area contributed by atoms with Gasteiger partial charge in [-0.25, -0.2) is 9.97 Å². The topological polar surface area (TPSA) is 51.8 Å². The molecule has 1 fully saturated rings. The molecule has 3 nitrogen and oxygen atoms in total. The van der Waals surface area contributed by atoms with E-state index in [1.807, 2.05) is 6.20 Å². The quantitative estimate of drug-likeness (QED) is 0.794. The molecule has 0 bridgehead atoms. The Hall–Kier alpha value is -0.960. The maximum atomic E-state index is 5.65. The van der Waals surface area contributed by atoms with Crippen molar-refractivity contribution >= 4 is 0 Å². The molecule has 2 N–H and O–H groups in total. The third-order valence-electron chi connectivity index (χ3n) is 2.63. The summed E-state index contributed by atoms with van der Waals surface area (Å²) in [7, 11) is 0. The standard InChI is InChI=1S/C11H17N3/c1-7(2)10-9(5-12)6-13-11(14-10)8-3-4-8/h6-8H,3-5,12H2,1-2H3. The van der Waals surface area contributed by atoms with Crippen molar-refractivity contribution in [2.24, 2.45) is 5.73 Å². The van der Waals surface area contributed by atoms with Crippen LogP contribution in [0.3, 0.4) is 0 Å². The lowest BCUT2D eigenvalue weighted by atomic mass is 10.1. The number of nitrogens with two attached hydrogens (primary N) is 1. The van der Waals surface area contributed by atoms with Crippen molar-refractivity contribution in [3.8, 4) is 0 Å². The predicted octanol–water partition coefficient (Wildman–Crippen LogP) is 1.94. The van der Waals surface area contributed by atoms with Crippen LogP contribution in [0, 0.1) is 0 Å². The van der Waals surface area contributed by atoms with Crippen LogP contribution in [0.15, 0.2) is 6.20 Å².